The van der Waals surface area contributed by atoms with Crippen LogP contribution in [0, 0.1) is 6.92 Å². The molecule has 2 amide bonds. The summed E-state index contributed by atoms with van der Waals surface area (Å²) in [7, 11) is 0. The van der Waals surface area contributed by atoms with Crippen molar-refractivity contribution in [2.24, 2.45) is 0 Å². The first-order valence-corrected chi connectivity index (χ1v) is 18.2. The molecule has 4 aromatic rings. The Balaban J connectivity index is 0.943. The third-order valence-corrected chi connectivity index (χ3v) is 8.22. The molecule has 0 saturated heterocycles. The van der Waals surface area contributed by atoms with Gasteiger partial charge in [0.05, 0.1) is 46.1 Å². The lowest BCUT2D eigenvalue weighted by atomic mass is 9.98. The van der Waals surface area contributed by atoms with Crippen LogP contribution in [0.3, 0.4) is 0 Å². The van der Waals surface area contributed by atoms with E-state index in [0.717, 1.165) is 27.8 Å². The van der Waals surface area contributed by atoms with E-state index in [1.54, 1.807) is 27.7 Å². The Morgan fingerprint density at radius 2 is 1.29 bits per heavy atom. The van der Waals surface area contributed by atoms with E-state index in [2.05, 4.69) is 31.0 Å². The zero-order valence-electron chi connectivity index (χ0n) is 31.6. The second kappa shape index (κ2) is 20.2. The van der Waals surface area contributed by atoms with Gasteiger partial charge in [0.15, 0.2) is 5.82 Å². The van der Waals surface area contributed by atoms with Crippen LogP contribution in [0.4, 0.5) is 4.79 Å². The normalized spacial score (nSPS) is 12.7. The van der Waals surface area contributed by atoms with E-state index in [-0.39, 0.29) is 32.1 Å². The third-order valence-electron chi connectivity index (χ3n) is 8.22. The number of hydrogen-bond acceptors (Lipinski definition) is 13. The molecule has 0 aliphatic heterocycles. The lowest BCUT2D eigenvalue weighted by Crippen LogP contribution is -2.49. The van der Waals surface area contributed by atoms with Crippen LogP contribution in [0.1, 0.15) is 50.1 Å². The fourth-order valence-electron chi connectivity index (χ4n) is 5.77. The topological polar surface area (TPSA) is 182 Å². The number of hydrogen-bond donors (Lipinski definition) is 2. The molecule has 292 valence electrons. The maximum Gasteiger partial charge on any atom is 0.407 e. The Labute approximate surface area is 320 Å². The standard InChI is InChI=1S/C40H48N6O9/c1-27-43-45-37(46-44-27)28-13-15-29(16-14-28)53-24-23-52-22-21-51-20-19-50-18-17-41-38(48)35(25-36(47)55-40(2,3)4)42-39(49)54-26-34-32-11-7-5-9-30(32)31-10-6-8-12-33(31)34/h5-16,34-35H,17-26H2,1-4H3,(H,41,48)(H,42,49)/t35-/m0/s1. The Kier molecular flexibility index (Phi) is 15.0. The monoisotopic (exact) mass is 756 g/mol. The highest BCUT2D eigenvalue weighted by molar-refractivity contribution is 5.89. The van der Waals surface area contributed by atoms with Crippen molar-refractivity contribution in [3.63, 3.8) is 0 Å². The number of nitrogens with zero attached hydrogens (tertiary/aromatic N) is 4. The number of benzene rings is 3. The van der Waals surface area contributed by atoms with Crippen molar-refractivity contribution in [3.8, 4) is 28.3 Å². The van der Waals surface area contributed by atoms with Crippen LogP contribution in [0.15, 0.2) is 72.8 Å². The first-order chi connectivity index (χ1) is 26.6. The minimum absolute atomic E-state index is 0.0650. The molecule has 0 spiro atoms. The average Bonchev–Trinajstić information content (AvgIpc) is 3.48. The second-order valence-electron chi connectivity index (χ2n) is 13.6. The highest BCUT2D eigenvalue weighted by Gasteiger charge is 2.31. The van der Waals surface area contributed by atoms with Crippen molar-refractivity contribution in [3.05, 3.63) is 89.7 Å². The summed E-state index contributed by atoms with van der Waals surface area (Å²) >= 11 is 0. The zero-order valence-corrected chi connectivity index (χ0v) is 31.6. The summed E-state index contributed by atoms with van der Waals surface area (Å²) in [5.74, 6) is 0.293. The van der Waals surface area contributed by atoms with E-state index in [4.69, 9.17) is 28.4 Å². The van der Waals surface area contributed by atoms with E-state index in [9.17, 15) is 14.4 Å². The molecule has 15 nitrogen and oxygen atoms in total. The summed E-state index contributed by atoms with van der Waals surface area (Å²) in [6.07, 6.45) is -1.18. The van der Waals surface area contributed by atoms with E-state index in [0.29, 0.717) is 57.0 Å². The summed E-state index contributed by atoms with van der Waals surface area (Å²) in [4.78, 5) is 38.7. The quantitative estimate of drug-likeness (QED) is 0.0956. The summed E-state index contributed by atoms with van der Waals surface area (Å²) in [5, 5.41) is 21.1. The second-order valence-corrected chi connectivity index (χ2v) is 13.6. The van der Waals surface area contributed by atoms with Gasteiger partial charge in [0.25, 0.3) is 0 Å². The number of amides is 2. The number of carbonyl (C=O) groups excluding carboxylic acids is 3. The lowest BCUT2D eigenvalue weighted by molar-refractivity contribution is -0.156. The van der Waals surface area contributed by atoms with E-state index in [1.165, 1.54) is 0 Å². The minimum Gasteiger partial charge on any atom is -0.491 e. The van der Waals surface area contributed by atoms with Gasteiger partial charge in [-0.3, -0.25) is 9.59 Å². The van der Waals surface area contributed by atoms with Crippen molar-refractivity contribution in [1.29, 1.82) is 0 Å². The molecule has 1 heterocycles. The molecule has 0 unspecified atom stereocenters. The van der Waals surface area contributed by atoms with Gasteiger partial charge in [0, 0.05) is 18.0 Å². The van der Waals surface area contributed by atoms with Gasteiger partial charge < -0.3 is 39.1 Å². The van der Waals surface area contributed by atoms with Crippen LogP contribution in [-0.4, -0.2) is 109 Å². The van der Waals surface area contributed by atoms with Gasteiger partial charge in [-0.15, -0.1) is 20.4 Å². The molecule has 1 aliphatic carbocycles. The van der Waals surface area contributed by atoms with Gasteiger partial charge in [-0.1, -0.05) is 48.5 Å². The van der Waals surface area contributed by atoms with Crippen LogP contribution in [0.25, 0.3) is 22.5 Å². The number of aryl methyl sites for hydroxylation is 1. The molecule has 15 heteroatoms. The molecule has 55 heavy (non-hydrogen) atoms. The molecule has 5 rings (SSSR count). The van der Waals surface area contributed by atoms with Crippen LogP contribution in [-0.2, 0) is 33.3 Å². The first kappa shape index (κ1) is 40.7. The van der Waals surface area contributed by atoms with Crippen molar-refractivity contribution < 1.29 is 42.8 Å². The number of fused-ring (bicyclic) bond motifs is 3. The van der Waals surface area contributed by atoms with Crippen LogP contribution < -0.4 is 15.4 Å². The maximum absolute atomic E-state index is 13.1. The van der Waals surface area contributed by atoms with E-state index < -0.39 is 29.6 Å². The predicted molar refractivity (Wildman–Crippen MR) is 201 cm³/mol. The molecule has 1 atom stereocenters. The average molecular weight is 757 g/mol. The smallest absolute Gasteiger partial charge is 0.407 e. The highest BCUT2D eigenvalue weighted by atomic mass is 16.6. The van der Waals surface area contributed by atoms with Crippen LogP contribution in [0.2, 0.25) is 0 Å². The molecule has 0 fully saturated rings. The first-order valence-electron chi connectivity index (χ1n) is 18.2. The molecule has 1 aromatic heterocycles. The predicted octanol–water partition coefficient (Wildman–Crippen LogP) is 4.43. The molecular weight excluding hydrogens is 708 g/mol. The molecule has 2 N–H and O–H groups in total. The number of rotatable bonds is 20. The van der Waals surface area contributed by atoms with Crippen molar-refractivity contribution in [2.45, 2.75) is 51.7 Å². The highest BCUT2D eigenvalue weighted by Crippen LogP contribution is 2.44. The van der Waals surface area contributed by atoms with Gasteiger partial charge in [0.2, 0.25) is 11.7 Å². The lowest BCUT2D eigenvalue weighted by Gasteiger charge is -2.23. The molecule has 3 aromatic carbocycles. The van der Waals surface area contributed by atoms with Gasteiger partial charge in [0.1, 0.15) is 30.6 Å². The Morgan fingerprint density at radius 3 is 1.89 bits per heavy atom. The molecular formula is C40H48N6O9. The van der Waals surface area contributed by atoms with Crippen LogP contribution in [0.5, 0.6) is 5.75 Å². The van der Waals surface area contributed by atoms with Crippen molar-refractivity contribution in [2.75, 3.05) is 59.4 Å². The maximum atomic E-state index is 13.1. The Bertz CT molecular complexity index is 1810. The molecule has 0 radical (unpaired) electrons. The van der Waals surface area contributed by atoms with Crippen molar-refractivity contribution >= 4 is 18.0 Å². The number of carbonyl (C=O) groups is 3. The Hall–Kier alpha value is -5.51. The SMILES string of the molecule is Cc1nnc(-c2ccc(OCCOCCOCCOCCNC(=O)[C@H](CC(=O)OC(C)(C)C)NC(=O)OCC3c4ccccc4-c4ccccc43)cc2)nn1. The largest absolute Gasteiger partial charge is 0.491 e. The van der Waals surface area contributed by atoms with Gasteiger partial charge in [-0.25, -0.2) is 4.79 Å². The van der Waals surface area contributed by atoms with Gasteiger partial charge >= 0.3 is 12.1 Å². The van der Waals surface area contributed by atoms with E-state index in [1.807, 2.05) is 72.8 Å². The number of aromatic nitrogens is 4. The zero-order chi connectivity index (χ0) is 39.0. The van der Waals surface area contributed by atoms with E-state index >= 15 is 0 Å². The summed E-state index contributed by atoms with van der Waals surface area (Å²) in [6.45, 7) is 9.48. The van der Waals surface area contributed by atoms with Gasteiger partial charge in [-0.05, 0) is 74.2 Å². The fraction of sp³-hybridized carbons (Fsp3) is 0.425. The number of esters is 1. The molecule has 0 bridgehead atoms. The summed E-state index contributed by atoms with van der Waals surface area (Å²) in [6, 6.07) is 22.1. The number of nitrogens with one attached hydrogen (secondary N) is 2. The van der Waals surface area contributed by atoms with Crippen LogP contribution >= 0.6 is 0 Å². The molecule has 0 saturated carbocycles. The summed E-state index contributed by atoms with van der Waals surface area (Å²) < 4.78 is 33.4. The third kappa shape index (κ3) is 12.8. The molecule has 1 aliphatic rings. The minimum atomic E-state index is -1.21. The Morgan fingerprint density at radius 1 is 0.727 bits per heavy atom. The summed E-state index contributed by atoms with van der Waals surface area (Å²) in [5.41, 5.74) is 4.35. The fourth-order valence-corrected chi connectivity index (χ4v) is 5.77. The number of alkyl carbamates (subject to hydrolysis) is 1. The number of ether oxygens (including phenoxy) is 6. The van der Waals surface area contributed by atoms with Gasteiger partial charge in [-0.2, -0.15) is 0 Å². The van der Waals surface area contributed by atoms with Crippen molar-refractivity contribution in [1.82, 2.24) is 31.0 Å².